The highest BCUT2D eigenvalue weighted by Gasteiger charge is 2.28. The summed E-state index contributed by atoms with van der Waals surface area (Å²) in [6.45, 7) is 3.95. The zero-order valence-electron chi connectivity index (χ0n) is 12.1. The quantitative estimate of drug-likeness (QED) is 0.831. The molecule has 1 aromatic rings. The van der Waals surface area contributed by atoms with E-state index in [2.05, 4.69) is 4.72 Å². The maximum absolute atomic E-state index is 12.0. The Morgan fingerprint density at radius 1 is 1.30 bits per heavy atom. The van der Waals surface area contributed by atoms with E-state index in [1.165, 1.54) is 0 Å². The number of likely N-dealkylation sites (N-methyl/N-ethyl adjacent to an activating group) is 1. The first-order valence-corrected chi connectivity index (χ1v) is 8.22. The molecule has 2 N–H and O–H groups in total. The Hall–Kier alpha value is -1.11. The van der Waals surface area contributed by atoms with Crippen molar-refractivity contribution in [2.24, 2.45) is 0 Å². The minimum Gasteiger partial charge on any atom is -0.389 e. The molecule has 1 saturated carbocycles. The lowest BCUT2D eigenvalue weighted by atomic mass is 10.1. The van der Waals surface area contributed by atoms with Gasteiger partial charge in [-0.1, -0.05) is 0 Å². The minimum absolute atomic E-state index is 0.109. The van der Waals surface area contributed by atoms with Gasteiger partial charge in [-0.2, -0.15) is 0 Å². The van der Waals surface area contributed by atoms with Crippen molar-refractivity contribution < 1.29 is 13.5 Å². The van der Waals surface area contributed by atoms with Gasteiger partial charge in [0.2, 0.25) is 10.0 Å². The topological polar surface area (TPSA) is 69.6 Å². The minimum atomic E-state index is -3.39. The van der Waals surface area contributed by atoms with Crippen molar-refractivity contribution in [3.05, 3.63) is 24.3 Å². The smallest absolute Gasteiger partial charge is 0.240 e. The molecule has 1 aromatic carbocycles. The van der Waals surface area contributed by atoms with Crippen LogP contribution in [0.25, 0.3) is 0 Å². The van der Waals surface area contributed by atoms with Gasteiger partial charge >= 0.3 is 0 Å². The van der Waals surface area contributed by atoms with Gasteiger partial charge in [0.1, 0.15) is 0 Å². The van der Waals surface area contributed by atoms with E-state index < -0.39 is 15.6 Å². The summed E-state index contributed by atoms with van der Waals surface area (Å²) < 4.78 is 26.7. The summed E-state index contributed by atoms with van der Waals surface area (Å²) in [4.78, 5) is 2.18. The third-order valence-electron chi connectivity index (χ3n) is 3.11. The largest absolute Gasteiger partial charge is 0.389 e. The molecule has 0 spiro atoms. The number of anilines is 1. The van der Waals surface area contributed by atoms with E-state index >= 15 is 0 Å². The normalized spacial score (nSPS) is 16.2. The fourth-order valence-electron chi connectivity index (χ4n) is 2.04. The van der Waals surface area contributed by atoms with E-state index in [1.54, 1.807) is 38.1 Å². The van der Waals surface area contributed by atoms with Crippen molar-refractivity contribution in [3.63, 3.8) is 0 Å². The predicted molar refractivity (Wildman–Crippen MR) is 79.4 cm³/mol. The number of hydrogen-bond acceptors (Lipinski definition) is 4. The second kappa shape index (κ2) is 5.35. The molecule has 0 saturated heterocycles. The average molecular weight is 298 g/mol. The highest BCUT2D eigenvalue weighted by Crippen LogP contribution is 2.23. The van der Waals surface area contributed by atoms with Gasteiger partial charge in [0.25, 0.3) is 0 Å². The van der Waals surface area contributed by atoms with Crippen LogP contribution in [0.2, 0.25) is 0 Å². The Balaban J connectivity index is 2.09. The highest BCUT2D eigenvalue weighted by molar-refractivity contribution is 7.89. The molecule has 0 unspecified atom stereocenters. The van der Waals surface area contributed by atoms with Gasteiger partial charge in [0, 0.05) is 25.3 Å². The zero-order chi connectivity index (χ0) is 15.0. The van der Waals surface area contributed by atoms with Crippen LogP contribution in [-0.2, 0) is 10.0 Å². The second-order valence-corrected chi connectivity index (χ2v) is 7.77. The van der Waals surface area contributed by atoms with Gasteiger partial charge in [0.05, 0.1) is 10.5 Å². The van der Waals surface area contributed by atoms with Crippen molar-refractivity contribution in [1.82, 2.24) is 4.72 Å². The van der Waals surface area contributed by atoms with E-state index in [1.807, 2.05) is 11.9 Å². The van der Waals surface area contributed by atoms with Crippen LogP contribution in [0.4, 0.5) is 5.69 Å². The van der Waals surface area contributed by atoms with Gasteiger partial charge in [-0.05, 0) is 51.0 Å². The fourth-order valence-corrected chi connectivity index (χ4v) is 3.35. The number of sulfonamides is 1. The molecule has 2 rings (SSSR count). The molecule has 0 aliphatic heterocycles. The summed E-state index contributed by atoms with van der Waals surface area (Å²) in [5.41, 5.74) is 0.0741. The Kier molecular flexibility index (Phi) is 4.09. The van der Waals surface area contributed by atoms with Gasteiger partial charge in [-0.15, -0.1) is 0 Å². The summed E-state index contributed by atoms with van der Waals surface area (Å²) in [5, 5.41) is 9.79. The monoisotopic (exact) mass is 298 g/mol. The summed E-state index contributed by atoms with van der Waals surface area (Å²) >= 11 is 0. The maximum atomic E-state index is 12.0. The SMILES string of the molecule is CN(CC(C)(C)O)c1ccc(S(=O)(=O)NC2CC2)cc1. The summed E-state index contributed by atoms with van der Waals surface area (Å²) in [6.07, 6.45) is 1.84. The van der Waals surface area contributed by atoms with E-state index in [4.69, 9.17) is 0 Å². The lowest BCUT2D eigenvalue weighted by molar-refractivity contribution is 0.0886. The van der Waals surface area contributed by atoms with Crippen LogP contribution in [0.1, 0.15) is 26.7 Å². The molecule has 1 aliphatic carbocycles. The van der Waals surface area contributed by atoms with Crippen LogP contribution in [0.3, 0.4) is 0 Å². The molecular weight excluding hydrogens is 276 g/mol. The van der Waals surface area contributed by atoms with E-state index in [0.29, 0.717) is 6.54 Å². The van der Waals surface area contributed by atoms with Crippen LogP contribution >= 0.6 is 0 Å². The molecule has 6 heteroatoms. The first kappa shape index (κ1) is 15.3. The van der Waals surface area contributed by atoms with Gasteiger partial charge in [-0.25, -0.2) is 13.1 Å². The number of nitrogens with one attached hydrogen (secondary N) is 1. The van der Waals surface area contributed by atoms with Crippen molar-refractivity contribution >= 4 is 15.7 Å². The third-order valence-corrected chi connectivity index (χ3v) is 4.65. The van der Waals surface area contributed by atoms with Crippen LogP contribution in [-0.4, -0.2) is 38.8 Å². The summed E-state index contributed by atoms with van der Waals surface area (Å²) in [7, 11) is -1.53. The number of rotatable bonds is 6. The molecule has 0 heterocycles. The van der Waals surface area contributed by atoms with Crippen LogP contribution in [0.5, 0.6) is 0 Å². The molecule has 0 bridgehead atoms. The molecule has 112 valence electrons. The van der Waals surface area contributed by atoms with E-state index in [0.717, 1.165) is 18.5 Å². The molecule has 1 fully saturated rings. The van der Waals surface area contributed by atoms with Crippen molar-refractivity contribution in [3.8, 4) is 0 Å². The first-order chi connectivity index (χ1) is 9.17. The van der Waals surface area contributed by atoms with Crippen LogP contribution < -0.4 is 9.62 Å². The second-order valence-electron chi connectivity index (χ2n) is 6.06. The standard InChI is InChI=1S/C14H22N2O3S/c1-14(2,17)10-16(3)12-6-8-13(9-7-12)20(18,19)15-11-4-5-11/h6-9,11,15,17H,4-5,10H2,1-3H3. The number of benzene rings is 1. The van der Waals surface area contributed by atoms with Gasteiger partial charge in [-0.3, -0.25) is 0 Å². The highest BCUT2D eigenvalue weighted by atomic mass is 32.2. The Morgan fingerprint density at radius 2 is 1.85 bits per heavy atom. The van der Waals surface area contributed by atoms with Crippen molar-refractivity contribution in [2.75, 3.05) is 18.5 Å². The molecular formula is C14H22N2O3S. The maximum Gasteiger partial charge on any atom is 0.240 e. The van der Waals surface area contributed by atoms with E-state index in [9.17, 15) is 13.5 Å². The van der Waals surface area contributed by atoms with Gasteiger partial charge in [0.15, 0.2) is 0 Å². The average Bonchev–Trinajstić information content (AvgIpc) is 3.10. The zero-order valence-corrected chi connectivity index (χ0v) is 12.9. The third kappa shape index (κ3) is 4.19. The Labute approximate surface area is 120 Å². The van der Waals surface area contributed by atoms with Crippen LogP contribution in [0, 0.1) is 0 Å². The van der Waals surface area contributed by atoms with Gasteiger partial charge < -0.3 is 10.0 Å². The summed E-state index contributed by atoms with van der Waals surface area (Å²) in [5.74, 6) is 0. The molecule has 5 nitrogen and oxygen atoms in total. The van der Waals surface area contributed by atoms with Crippen molar-refractivity contribution in [1.29, 1.82) is 0 Å². The fraction of sp³-hybridized carbons (Fsp3) is 0.571. The number of nitrogens with zero attached hydrogens (tertiary/aromatic N) is 1. The molecule has 0 radical (unpaired) electrons. The molecule has 20 heavy (non-hydrogen) atoms. The summed E-state index contributed by atoms with van der Waals surface area (Å²) in [6, 6.07) is 6.82. The molecule has 0 amide bonds. The predicted octanol–water partition coefficient (Wildman–Crippen LogP) is 1.33. The Bertz CT molecular complexity index is 557. The lowest BCUT2D eigenvalue weighted by Crippen LogP contribution is -2.36. The van der Waals surface area contributed by atoms with E-state index in [-0.39, 0.29) is 10.9 Å². The molecule has 0 aromatic heterocycles. The van der Waals surface area contributed by atoms with Crippen LogP contribution in [0.15, 0.2) is 29.2 Å². The van der Waals surface area contributed by atoms with Crippen molar-refractivity contribution in [2.45, 2.75) is 43.2 Å². The first-order valence-electron chi connectivity index (χ1n) is 6.73. The number of aliphatic hydroxyl groups is 1. The molecule has 1 aliphatic rings. The lowest BCUT2D eigenvalue weighted by Gasteiger charge is -2.27. The molecule has 0 atom stereocenters. The number of hydrogen-bond donors (Lipinski definition) is 2. The Morgan fingerprint density at radius 3 is 2.30 bits per heavy atom.